The summed E-state index contributed by atoms with van der Waals surface area (Å²) < 4.78 is 41.6. The van der Waals surface area contributed by atoms with Crippen LogP contribution in [0.1, 0.15) is 164 Å². The molecule has 0 heterocycles. The van der Waals surface area contributed by atoms with E-state index in [-0.39, 0.29) is 0 Å². The Hall–Kier alpha value is -3.34. The van der Waals surface area contributed by atoms with Crippen molar-refractivity contribution < 1.29 is 25.1 Å². The van der Waals surface area contributed by atoms with E-state index in [1.165, 1.54) is 64.2 Å². The van der Waals surface area contributed by atoms with Gasteiger partial charge >= 0.3 is 0 Å². The number of rotatable bonds is 30. The Morgan fingerprint density at radius 2 is 0.623 bits per heavy atom. The first kappa shape index (κ1) is 40.8. The van der Waals surface area contributed by atoms with Gasteiger partial charge in [-0.25, -0.2) is 0 Å². The fraction of sp³-hybridized carbons (Fsp3) is 0.625. The lowest BCUT2D eigenvalue weighted by Gasteiger charge is -2.19. The van der Waals surface area contributed by atoms with E-state index in [4.69, 9.17) is 25.1 Å². The van der Waals surface area contributed by atoms with Crippen molar-refractivity contribution in [2.75, 3.05) is 33.0 Å². The highest BCUT2D eigenvalue weighted by molar-refractivity contribution is 6.26. The van der Waals surface area contributed by atoms with Crippen molar-refractivity contribution in [3.05, 3.63) is 42.4 Å². The summed E-state index contributed by atoms with van der Waals surface area (Å²) in [6, 6.07) is 13.2. The van der Waals surface area contributed by atoms with Gasteiger partial charge in [0.25, 0.3) is 0 Å². The van der Waals surface area contributed by atoms with Crippen LogP contribution < -0.4 is 23.7 Å². The second-order valence-corrected chi connectivity index (χ2v) is 14.9. The van der Waals surface area contributed by atoms with Gasteiger partial charge in [-0.15, -0.1) is 0 Å². The standard InChI is InChI=1S/C48H72O5/c1-6-11-16-21-28-49-38-26-27-39-40(33-38)42-35-46(51-30-23-18-13-8-3)48(53-32-25-20-15-10-5)37-44(42)43-36-47(52-31-24-19-14-9-4)45(34-41(39)43)50-29-22-17-12-7-2/h26-27,33-37H,6-25,28-32H2,1-5H3/i26T. The highest BCUT2D eigenvalue weighted by Gasteiger charge is 2.19. The minimum Gasteiger partial charge on any atom is -0.494 e. The minimum absolute atomic E-state index is 0.399. The van der Waals surface area contributed by atoms with Crippen molar-refractivity contribution in [3.8, 4) is 28.7 Å². The molecular weight excluding hydrogens is 657 g/mol. The van der Waals surface area contributed by atoms with Crippen molar-refractivity contribution >= 4 is 32.3 Å². The molecule has 5 nitrogen and oxygen atoms in total. The molecule has 0 amide bonds. The molecule has 0 aliphatic carbocycles. The van der Waals surface area contributed by atoms with Crippen molar-refractivity contribution in [1.82, 2.24) is 0 Å². The second-order valence-electron chi connectivity index (χ2n) is 14.9. The van der Waals surface area contributed by atoms with Gasteiger partial charge in [0.05, 0.1) is 34.4 Å². The molecule has 0 atom stereocenters. The molecule has 0 N–H and O–H groups in total. The average Bonchev–Trinajstić information content (AvgIpc) is 3.18. The summed E-state index contributed by atoms with van der Waals surface area (Å²) in [6.45, 7) is 14.4. The van der Waals surface area contributed by atoms with Crippen molar-refractivity contribution in [2.45, 2.75) is 163 Å². The molecule has 0 aromatic heterocycles. The largest absolute Gasteiger partial charge is 0.494 e. The van der Waals surface area contributed by atoms with E-state index in [9.17, 15) is 0 Å². The number of fused-ring (bicyclic) bond motifs is 6. The van der Waals surface area contributed by atoms with Crippen LogP contribution in [0.15, 0.2) is 42.4 Å². The zero-order valence-electron chi connectivity index (χ0n) is 35.2. The molecule has 4 aromatic rings. The predicted octanol–water partition coefficient (Wildman–Crippen LogP) is 14.9. The fourth-order valence-electron chi connectivity index (χ4n) is 7.02. The third-order valence-corrected chi connectivity index (χ3v) is 10.2. The number of benzene rings is 4. The second kappa shape index (κ2) is 24.9. The van der Waals surface area contributed by atoms with Crippen LogP contribution in [0, 0.1) is 0 Å². The van der Waals surface area contributed by atoms with Crippen LogP contribution in [-0.4, -0.2) is 33.0 Å². The zero-order chi connectivity index (χ0) is 38.4. The SMILES string of the molecule is [3H]c1cc2c(cc1OCCCCCC)c1cc(OCCCCCC)c(OCCCCCC)cc1c1cc(OCCCCCC)c(OCCCCCC)cc21. The first-order valence-electron chi connectivity index (χ1n) is 22.2. The summed E-state index contributed by atoms with van der Waals surface area (Å²) >= 11 is 0. The van der Waals surface area contributed by atoms with E-state index in [0.29, 0.717) is 44.8 Å². The van der Waals surface area contributed by atoms with Crippen molar-refractivity contribution in [2.24, 2.45) is 0 Å². The minimum atomic E-state index is 0.399. The van der Waals surface area contributed by atoms with Crippen molar-refractivity contribution in [1.29, 1.82) is 0 Å². The van der Waals surface area contributed by atoms with Crippen LogP contribution in [-0.2, 0) is 0 Å². The zero-order valence-corrected chi connectivity index (χ0v) is 34.2. The highest BCUT2D eigenvalue weighted by atomic mass is 16.5. The van der Waals surface area contributed by atoms with E-state index < -0.39 is 0 Å². The van der Waals surface area contributed by atoms with Gasteiger partial charge in [0.15, 0.2) is 23.0 Å². The van der Waals surface area contributed by atoms with Gasteiger partial charge in [0, 0.05) is 0 Å². The van der Waals surface area contributed by atoms with Gasteiger partial charge in [-0.3, -0.25) is 0 Å². The Morgan fingerprint density at radius 3 is 0.943 bits per heavy atom. The number of hydrogen-bond donors (Lipinski definition) is 0. The van der Waals surface area contributed by atoms with Crippen molar-refractivity contribution in [3.63, 3.8) is 0 Å². The predicted molar refractivity (Wildman–Crippen MR) is 227 cm³/mol. The molecule has 4 rings (SSSR count). The summed E-state index contributed by atoms with van der Waals surface area (Å²) in [5.41, 5.74) is 0. The molecule has 0 unspecified atom stereocenters. The molecule has 0 saturated heterocycles. The Labute approximate surface area is 323 Å². The quantitative estimate of drug-likeness (QED) is 0.0395. The molecule has 5 heteroatoms. The molecule has 0 aliphatic heterocycles. The summed E-state index contributed by atoms with van der Waals surface area (Å²) in [6.07, 6.45) is 22.8. The average molecular weight is 731 g/mol. The van der Waals surface area contributed by atoms with E-state index in [1.807, 2.05) is 6.07 Å². The third-order valence-electron chi connectivity index (χ3n) is 10.2. The summed E-state index contributed by atoms with van der Waals surface area (Å²) in [4.78, 5) is 0. The lowest BCUT2D eigenvalue weighted by Crippen LogP contribution is -2.04. The van der Waals surface area contributed by atoms with Gasteiger partial charge in [-0.1, -0.05) is 137 Å². The Balaban J connectivity index is 1.89. The lowest BCUT2D eigenvalue weighted by molar-refractivity contribution is 0.259. The van der Waals surface area contributed by atoms with Gasteiger partial charge in [0.1, 0.15) is 5.75 Å². The van der Waals surface area contributed by atoms with Crippen LogP contribution in [0.2, 0.25) is 0 Å². The first-order valence-corrected chi connectivity index (χ1v) is 21.7. The van der Waals surface area contributed by atoms with E-state index in [0.717, 1.165) is 120 Å². The smallest absolute Gasteiger partial charge is 0.161 e. The molecule has 0 radical (unpaired) electrons. The van der Waals surface area contributed by atoms with Crippen LogP contribution >= 0.6 is 0 Å². The molecule has 0 aliphatic rings. The Bertz CT molecular complexity index is 1620. The third kappa shape index (κ3) is 13.5. The lowest BCUT2D eigenvalue weighted by atomic mass is 9.93. The molecule has 0 saturated carbocycles. The summed E-state index contributed by atoms with van der Waals surface area (Å²) in [5, 5.41) is 6.31. The monoisotopic (exact) mass is 731 g/mol. The number of ether oxygens (including phenoxy) is 5. The van der Waals surface area contributed by atoms with E-state index in [2.05, 4.69) is 65.0 Å². The summed E-state index contributed by atoms with van der Waals surface area (Å²) in [7, 11) is 0. The topological polar surface area (TPSA) is 46.2 Å². The molecular formula is C48H72O5. The van der Waals surface area contributed by atoms with E-state index >= 15 is 0 Å². The number of hydrogen-bond acceptors (Lipinski definition) is 5. The molecule has 0 spiro atoms. The maximum absolute atomic E-state index is 9.09. The molecule has 0 bridgehead atoms. The maximum Gasteiger partial charge on any atom is 0.161 e. The van der Waals surface area contributed by atoms with Gasteiger partial charge in [-0.05, 0) is 101 Å². The van der Waals surface area contributed by atoms with Crippen LogP contribution in [0.25, 0.3) is 32.3 Å². The first-order chi connectivity index (χ1) is 26.6. The van der Waals surface area contributed by atoms with Gasteiger partial charge < -0.3 is 23.7 Å². The number of unbranched alkanes of at least 4 members (excludes halogenated alkanes) is 15. The Morgan fingerprint density at radius 1 is 0.340 bits per heavy atom. The Kier molecular flexibility index (Phi) is 19.2. The van der Waals surface area contributed by atoms with Crippen LogP contribution in [0.4, 0.5) is 0 Å². The van der Waals surface area contributed by atoms with Gasteiger partial charge in [0.2, 0.25) is 0 Å². The molecule has 53 heavy (non-hydrogen) atoms. The fourth-order valence-corrected chi connectivity index (χ4v) is 7.02. The van der Waals surface area contributed by atoms with Crippen LogP contribution in [0.5, 0.6) is 28.7 Å². The molecule has 4 aromatic carbocycles. The summed E-state index contributed by atoms with van der Waals surface area (Å²) in [5.74, 6) is 3.76. The highest BCUT2D eigenvalue weighted by Crippen LogP contribution is 2.45. The van der Waals surface area contributed by atoms with Gasteiger partial charge in [-0.2, -0.15) is 0 Å². The normalized spacial score (nSPS) is 11.8. The molecule has 0 fully saturated rings. The van der Waals surface area contributed by atoms with E-state index in [1.54, 1.807) is 0 Å². The van der Waals surface area contributed by atoms with Crippen LogP contribution in [0.3, 0.4) is 0 Å². The molecule has 294 valence electrons. The maximum atomic E-state index is 9.09.